The minimum atomic E-state index is -0.193. The van der Waals surface area contributed by atoms with Crippen LogP contribution in [0.25, 0.3) is 6.08 Å². The molecule has 1 heterocycles. The molecule has 0 aliphatic carbocycles. The first-order chi connectivity index (χ1) is 10.2. The summed E-state index contributed by atoms with van der Waals surface area (Å²) >= 11 is 2.36. The van der Waals surface area contributed by atoms with E-state index in [1.54, 1.807) is 0 Å². The maximum Gasteiger partial charge on any atom is 0.334 e. The number of alkyl halides is 1. The molecule has 3 heteroatoms. The van der Waals surface area contributed by atoms with Crippen LogP contribution in [0, 0.1) is 0 Å². The third-order valence-electron chi connectivity index (χ3n) is 3.53. The molecule has 21 heavy (non-hydrogen) atoms. The van der Waals surface area contributed by atoms with Gasteiger partial charge in [-0.05, 0) is 17.2 Å². The molecule has 0 N–H and O–H groups in total. The molecule has 0 aromatic heterocycles. The highest BCUT2D eigenvalue weighted by molar-refractivity contribution is 14.1. The molecule has 0 radical (unpaired) electrons. The first-order valence-corrected chi connectivity index (χ1v) is 8.14. The second kappa shape index (κ2) is 6.43. The molecule has 0 saturated carbocycles. The summed E-state index contributed by atoms with van der Waals surface area (Å²) in [6.07, 6.45) is 2.50. The fourth-order valence-corrected chi connectivity index (χ4v) is 3.25. The number of carbonyl (C=O) groups excluding carboxylic acids is 1. The monoisotopic (exact) mass is 390 g/mol. The fraction of sp³-hybridized carbons (Fsp3) is 0.167. The molecule has 0 unspecified atom stereocenters. The Morgan fingerprint density at radius 2 is 1.67 bits per heavy atom. The number of esters is 1. The van der Waals surface area contributed by atoms with Gasteiger partial charge in [0.2, 0.25) is 0 Å². The van der Waals surface area contributed by atoms with Gasteiger partial charge in [0.15, 0.2) is 0 Å². The minimum absolute atomic E-state index is 0.0875. The van der Waals surface area contributed by atoms with E-state index >= 15 is 0 Å². The number of halogens is 1. The second-order valence-electron chi connectivity index (χ2n) is 5.04. The van der Waals surface area contributed by atoms with E-state index in [1.165, 1.54) is 5.56 Å². The van der Waals surface area contributed by atoms with Crippen molar-refractivity contribution in [3.05, 3.63) is 77.4 Å². The Hall–Kier alpha value is -1.62. The van der Waals surface area contributed by atoms with Crippen molar-refractivity contribution in [2.75, 3.05) is 0 Å². The molecule has 1 aliphatic rings. The van der Waals surface area contributed by atoms with Crippen molar-refractivity contribution in [1.29, 1.82) is 0 Å². The normalized spacial score (nSPS) is 21.3. The number of hydrogen-bond acceptors (Lipinski definition) is 2. The molecule has 106 valence electrons. The zero-order valence-electron chi connectivity index (χ0n) is 11.4. The van der Waals surface area contributed by atoms with Crippen LogP contribution in [0.2, 0.25) is 0 Å². The molecule has 2 nitrogen and oxygen atoms in total. The maximum atomic E-state index is 12.0. The highest BCUT2D eigenvalue weighted by Crippen LogP contribution is 2.37. The summed E-state index contributed by atoms with van der Waals surface area (Å²) in [6, 6.07) is 20.1. The molecule has 0 amide bonds. The average molecular weight is 390 g/mol. The third-order valence-corrected chi connectivity index (χ3v) is 5.05. The van der Waals surface area contributed by atoms with Gasteiger partial charge in [-0.15, -0.1) is 0 Å². The van der Waals surface area contributed by atoms with Gasteiger partial charge in [0.05, 0.1) is 3.92 Å². The molecule has 3 rings (SSSR count). The van der Waals surface area contributed by atoms with E-state index < -0.39 is 0 Å². The Morgan fingerprint density at radius 1 is 1.05 bits per heavy atom. The van der Waals surface area contributed by atoms with E-state index in [-0.39, 0.29) is 16.0 Å². The van der Waals surface area contributed by atoms with Gasteiger partial charge in [-0.2, -0.15) is 0 Å². The number of benzene rings is 2. The average Bonchev–Trinajstić information content (AvgIpc) is 2.89. The summed E-state index contributed by atoms with van der Waals surface area (Å²) in [6.45, 7) is 0. The topological polar surface area (TPSA) is 26.3 Å². The van der Waals surface area contributed by atoms with E-state index in [0.29, 0.717) is 6.42 Å². The summed E-state index contributed by atoms with van der Waals surface area (Å²) in [5, 5.41) is 0. The molecule has 1 aliphatic heterocycles. The smallest absolute Gasteiger partial charge is 0.334 e. The van der Waals surface area contributed by atoms with Crippen LogP contribution in [0.5, 0.6) is 0 Å². The van der Waals surface area contributed by atoms with Crippen LogP contribution in [0.15, 0.2) is 66.2 Å². The Labute approximate surface area is 138 Å². The van der Waals surface area contributed by atoms with E-state index in [2.05, 4.69) is 34.7 Å². The molecule has 0 bridgehead atoms. The second-order valence-corrected chi connectivity index (χ2v) is 6.38. The number of ether oxygens (including phenoxy) is 1. The molecule has 2 aromatic rings. The van der Waals surface area contributed by atoms with Crippen molar-refractivity contribution in [3.8, 4) is 0 Å². The Kier molecular flexibility index (Phi) is 4.39. The van der Waals surface area contributed by atoms with Gasteiger partial charge in [-0.3, -0.25) is 0 Å². The first kappa shape index (κ1) is 14.3. The SMILES string of the molecule is O=C1O[C@H]([C@@H](I)c2ccccc2)C/C1=C\c1ccccc1. The van der Waals surface area contributed by atoms with Crippen molar-refractivity contribution >= 4 is 34.6 Å². The zero-order chi connectivity index (χ0) is 14.7. The van der Waals surface area contributed by atoms with Gasteiger partial charge in [-0.1, -0.05) is 83.3 Å². The summed E-state index contributed by atoms with van der Waals surface area (Å²) < 4.78 is 5.72. The van der Waals surface area contributed by atoms with Crippen LogP contribution in [0.4, 0.5) is 0 Å². The van der Waals surface area contributed by atoms with Crippen LogP contribution < -0.4 is 0 Å². The van der Waals surface area contributed by atoms with E-state index in [4.69, 9.17) is 4.74 Å². The maximum absolute atomic E-state index is 12.0. The molecule has 2 aromatic carbocycles. The van der Waals surface area contributed by atoms with Crippen molar-refractivity contribution in [3.63, 3.8) is 0 Å². The van der Waals surface area contributed by atoms with Crippen molar-refractivity contribution in [1.82, 2.24) is 0 Å². The lowest BCUT2D eigenvalue weighted by molar-refractivity contribution is -0.138. The summed E-state index contributed by atoms with van der Waals surface area (Å²) in [5.41, 5.74) is 2.98. The van der Waals surface area contributed by atoms with E-state index in [9.17, 15) is 4.79 Å². The summed E-state index contributed by atoms with van der Waals surface area (Å²) in [4.78, 5) is 12.0. The van der Waals surface area contributed by atoms with Crippen molar-refractivity contribution in [2.24, 2.45) is 0 Å². The van der Waals surface area contributed by atoms with Crippen molar-refractivity contribution < 1.29 is 9.53 Å². The summed E-state index contributed by atoms with van der Waals surface area (Å²) in [5.74, 6) is -0.193. The Balaban J connectivity index is 1.77. The zero-order valence-corrected chi connectivity index (χ0v) is 13.6. The molecule has 0 spiro atoms. The molecule has 1 saturated heterocycles. The van der Waals surface area contributed by atoms with E-state index in [0.717, 1.165) is 11.1 Å². The lowest BCUT2D eigenvalue weighted by Gasteiger charge is -2.16. The molecular weight excluding hydrogens is 375 g/mol. The van der Waals surface area contributed by atoms with Crippen LogP contribution in [0.3, 0.4) is 0 Å². The van der Waals surface area contributed by atoms with Gasteiger partial charge in [0, 0.05) is 12.0 Å². The van der Waals surface area contributed by atoms with Crippen molar-refractivity contribution in [2.45, 2.75) is 16.4 Å². The largest absolute Gasteiger partial charge is 0.457 e. The molecular formula is C18H15IO2. The quantitative estimate of drug-likeness (QED) is 0.332. The van der Waals surface area contributed by atoms with Gasteiger partial charge < -0.3 is 4.74 Å². The highest BCUT2D eigenvalue weighted by atomic mass is 127. The highest BCUT2D eigenvalue weighted by Gasteiger charge is 2.34. The molecule has 1 fully saturated rings. The minimum Gasteiger partial charge on any atom is -0.457 e. The van der Waals surface area contributed by atoms with Gasteiger partial charge in [0.1, 0.15) is 6.10 Å². The first-order valence-electron chi connectivity index (χ1n) is 6.89. The predicted molar refractivity (Wildman–Crippen MR) is 92.1 cm³/mol. The van der Waals surface area contributed by atoms with Crippen LogP contribution in [-0.4, -0.2) is 12.1 Å². The fourth-order valence-electron chi connectivity index (χ4n) is 2.44. The number of rotatable bonds is 3. The van der Waals surface area contributed by atoms with Gasteiger partial charge >= 0.3 is 5.97 Å². The lowest BCUT2D eigenvalue weighted by Crippen LogP contribution is -2.13. The molecule has 2 atom stereocenters. The number of hydrogen-bond donors (Lipinski definition) is 0. The van der Waals surface area contributed by atoms with E-state index in [1.807, 2.05) is 54.6 Å². The van der Waals surface area contributed by atoms with Crippen LogP contribution in [0.1, 0.15) is 21.5 Å². The van der Waals surface area contributed by atoms with Crippen LogP contribution in [-0.2, 0) is 9.53 Å². The number of carbonyl (C=O) groups is 1. The lowest BCUT2D eigenvalue weighted by atomic mass is 10.0. The number of cyclic esters (lactones) is 1. The predicted octanol–water partition coefficient (Wildman–Crippen LogP) is 4.56. The van der Waals surface area contributed by atoms with Gasteiger partial charge in [0.25, 0.3) is 0 Å². The van der Waals surface area contributed by atoms with Crippen LogP contribution >= 0.6 is 22.6 Å². The van der Waals surface area contributed by atoms with Gasteiger partial charge in [-0.25, -0.2) is 4.79 Å². The third kappa shape index (κ3) is 3.35. The Bertz CT molecular complexity index is 649. The summed E-state index contributed by atoms with van der Waals surface area (Å²) in [7, 11) is 0. The Morgan fingerprint density at radius 3 is 2.33 bits per heavy atom. The standard InChI is InChI=1S/C18H15IO2/c19-17(14-9-5-2-6-10-14)16-12-15(18(20)21-16)11-13-7-3-1-4-8-13/h1-11,16-17H,12H2/b15-11+/t16-,17-/m0/s1.